The van der Waals surface area contributed by atoms with Gasteiger partial charge in [-0.05, 0) is 18.2 Å². The van der Waals surface area contributed by atoms with Gasteiger partial charge in [0.05, 0.1) is 11.0 Å². The lowest BCUT2D eigenvalue weighted by molar-refractivity contribution is 1.29. The summed E-state index contributed by atoms with van der Waals surface area (Å²) in [6.07, 6.45) is 3.37. The predicted molar refractivity (Wildman–Crippen MR) is 65.1 cm³/mol. The molecule has 0 amide bonds. The van der Waals surface area contributed by atoms with Gasteiger partial charge in [-0.1, -0.05) is 0 Å². The second-order valence-electron chi connectivity index (χ2n) is 3.34. The highest BCUT2D eigenvalue weighted by molar-refractivity contribution is 7.13. The van der Waals surface area contributed by atoms with Gasteiger partial charge in [0.15, 0.2) is 0 Å². The fourth-order valence-corrected chi connectivity index (χ4v) is 2.22. The first-order valence-corrected chi connectivity index (χ1v) is 5.63. The molecule has 0 fully saturated rings. The zero-order valence-electron chi connectivity index (χ0n) is 8.29. The fourth-order valence-electron chi connectivity index (χ4n) is 1.52. The van der Waals surface area contributed by atoms with Crippen LogP contribution in [-0.4, -0.2) is 15.0 Å². The first kappa shape index (κ1) is 9.23. The SMILES string of the molecule is Nc1csc(-c2ccc3nccnc3c2)n1. The molecule has 3 aromatic rings. The van der Waals surface area contributed by atoms with E-state index in [-0.39, 0.29) is 0 Å². The van der Waals surface area contributed by atoms with E-state index >= 15 is 0 Å². The van der Waals surface area contributed by atoms with Crippen molar-refractivity contribution in [2.75, 3.05) is 5.73 Å². The Hall–Kier alpha value is -2.01. The van der Waals surface area contributed by atoms with Gasteiger partial charge in [-0.25, -0.2) is 4.98 Å². The molecule has 3 rings (SSSR count). The molecule has 2 N–H and O–H groups in total. The van der Waals surface area contributed by atoms with E-state index in [4.69, 9.17) is 5.73 Å². The van der Waals surface area contributed by atoms with Gasteiger partial charge in [-0.3, -0.25) is 9.97 Å². The lowest BCUT2D eigenvalue weighted by Crippen LogP contribution is -1.85. The number of thiazole rings is 1. The van der Waals surface area contributed by atoms with Gasteiger partial charge >= 0.3 is 0 Å². The first-order valence-electron chi connectivity index (χ1n) is 4.75. The highest BCUT2D eigenvalue weighted by atomic mass is 32.1. The van der Waals surface area contributed by atoms with Crippen LogP contribution in [0.15, 0.2) is 36.0 Å². The summed E-state index contributed by atoms with van der Waals surface area (Å²) in [6.45, 7) is 0. The molecule has 0 unspecified atom stereocenters. The van der Waals surface area contributed by atoms with Crippen molar-refractivity contribution in [3.05, 3.63) is 36.0 Å². The number of aromatic nitrogens is 3. The second-order valence-corrected chi connectivity index (χ2v) is 4.20. The van der Waals surface area contributed by atoms with E-state index < -0.39 is 0 Å². The lowest BCUT2D eigenvalue weighted by Gasteiger charge is -1.98. The van der Waals surface area contributed by atoms with Crippen LogP contribution in [0.2, 0.25) is 0 Å². The third kappa shape index (κ3) is 1.51. The molecule has 2 heterocycles. The van der Waals surface area contributed by atoms with E-state index in [0.29, 0.717) is 5.82 Å². The van der Waals surface area contributed by atoms with Crippen LogP contribution in [0.5, 0.6) is 0 Å². The van der Waals surface area contributed by atoms with E-state index in [0.717, 1.165) is 21.6 Å². The molecule has 0 aliphatic heterocycles. The summed E-state index contributed by atoms with van der Waals surface area (Å²) in [7, 11) is 0. The van der Waals surface area contributed by atoms with E-state index in [9.17, 15) is 0 Å². The molecule has 2 aromatic heterocycles. The molecule has 4 nitrogen and oxygen atoms in total. The van der Waals surface area contributed by atoms with Gasteiger partial charge < -0.3 is 5.73 Å². The van der Waals surface area contributed by atoms with E-state index in [1.807, 2.05) is 23.6 Å². The summed E-state index contributed by atoms with van der Waals surface area (Å²) >= 11 is 1.53. The van der Waals surface area contributed by atoms with Gasteiger partial charge in [0, 0.05) is 23.3 Å². The van der Waals surface area contributed by atoms with Crippen molar-refractivity contribution in [3.63, 3.8) is 0 Å². The van der Waals surface area contributed by atoms with Gasteiger partial charge in [-0.2, -0.15) is 0 Å². The average Bonchev–Trinajstić information content (AvgIpc) is 2.75. The van der Waals surface area contributed by atoms with Crippen LogP contribution in [0.3, 0.4) is 0 Å². The number of hydrogen-bond acceptors (Lipinski definition) is 5. The van der Waals surface area contributed by atoms with Crippen molar-refractivity contribution < 1.29 is 0 Å². The molecule has 0 aliphatic carbocycles. The molecule has 0 saturated heterocycles. The molecule has 1 aromatic carbocycles. The van der Waals surface area contributed by atoms with Gasteiger partial charge in [0.2, 0.25) is 0 Å². The number of rotatable bonds is 1. The van der Waals surface area contributed by atoms with E-state index in [1.54, 1.807) is 12.4 Å². The largest absolute Gasteiger partial charge is 0.383 e. The second kappa shape index (κ2) is 3.53. The molecule has 0 saturated carbocycles. The van der Waals surface area contributed by atoms with E-state index in [1.165, 1.54) is 11.3 Å². The topological polar surface area (TPSA) is 64.7 Å². The molecule has 0 radical (unpaired) electrons. The lowest BCUT2D eigenvalue weighted by atomic mass is 10.2. The van der Waals surface area contributed by atoms with Crippen molar-refractivity contribution in [1.82, 2.24) is 15.0 Å². The fraction of sp³-hybridized carbons (Fsp3) is 0. The van der Waals surface area contributed by atoms with Crippen molar-refractivity contribution in [1.29, 1.82) is 0 Å². The minimum Gasteiger partial charge on any atom is -0.383 e. The Morgan fingerprint density at radius 3 is 2.62 bits per heavy atom. The molecule has 0 bridgehead atoms. The molecular formula is C11H8N4S. The molecule has 78 valence electrons. The van der Waals surface area contributed by atoms with Crippen molar-refractivity contribution in [2.24, 2.45) is 0 Å². The highest BCUT2D eigenvalue weighted by Gasteiger charge is 2.04. The number of hydrogen-bond donors (Lipinski definition) is 1. The normalized spacial score (nSPS) is 10.8. The number of anilines is 1. The van der Waals surface area contributed by atoms with E-state index in [2.05, 4.69) is 15.0 Å². The first-order chi connectivity index (χ1) is 7.83. The van der Waals surface area contributed by atoms with Crippen molar-refractivity contribution in [2.45, 2.75) is 0 Å². The maximum atomic E-state index is 5.60. The summed E-state index contributed by atoms with van der Waals surface area (Å²) in [5.41, 5.74) is 8.38. The summed E-state index contributed by atoms with van der Waals surface area (Å²) in [5.74, 6) is 0.555. The summed E-state index contributed by atoms with van der Waals surface area (Å²) < 4.78 is 0. The predicted octanol–water partition coefficient (Wildman–Crippen LogP) is 2.34. The molecule has 16 heavy (non-hydrogen) atoms. The number of nitrogen functional groups attached to an aromatic ring is 1. The molecule has 5 heteroatoms. The van der Waals surface area contributed by atoms with Crippen molar-refractivity contribution >= 4 is 28.2 Å². The highest BCUT2D eigenvalue weighted by Crippen LogP contribution is 2.26. The maximum Gasteiger partial charge on any atom is 0.135 e. The molecular weight excluding hydrogens is 220 g/mol. The number of nitrogens with two attached hydrogens (primary N) is 1. The zero-order valence-corrected chi connectivity index (χ0v) is 9.11. The average molecular weight is 228 g/mol. The summed E-state index contributed by atoms with van der Waals surface area (Å²) in [4.78, 5) is 12.7. The van der Waals surface area contributed by atoms with Gasteiger partial charge in [0.25, 0.3) is 0 Å². The Bertz CT molecular complexity index is 647. The minimum atomic E-state index is 0.555. The Morgan fingerprint density at radius 2 is 1.88 bits per heavy atom. The zero-order chi connectivity index (χ0) is 11.0. The Labute approximate surface area is 95.8 Å². The standard InChI is InChI=1S/C11H8N4S/c12-10-6-16-11(15-10)7-1-2-8-9(5-7)14-4-3-13-8/h1-6H,12H2. The monoisotopic (exact) mass is 228 g/mol. The third-order valence-electron chi connectivity index (χ3n) is 2.24. The third-order valence-corrected chi connectivity index (χ3v) is 3.15. The van der Waals surface area contributed by atoms with Crippen molar-refractivity contribution in [3.8, 4) is 10.6 Å². The molecule has 0 aliphatic rings. The Kier molecular flexibility index (Phi) is 2.04. The van der Waals surface area contributed by atoms with Gasteiger partial charge in [-0.15, -0.1) is 11.3 Å². The Balaban J connectivity index is 2.18. The molecule has 0 spiro atoms. The smallest absolute Gasteiger partial charge is 0.135 e. The van der Waals surface area contributed by atoms with Crippen LogP contribution in [-0.2, 0) is 0 Å². The van der Waals surface area contributed by atoms with Crippen LogP contribution in [0.4, 0.5) is 5.82 Å². The van der Waals surface area contributed by atoms with Crippen LogP contribution in [0.1, 0.15) is 0 Å². The number of nitrogens with zero attached hydrogens (tertiary/aromatic N) is 3. The van der Waals surface area contributed by atoms with Crippen LogP contribution < -0.4 is 5.73 Å². The number of fused-ring (bicyclic) bond motifs is 1. The molecule has 0 atom stereocenters. The van der Waals surface area contributed by atoms with Crippen LogP contribution >= 0.6 is 11.3 Å². The van der Waals surface area contributed by atoms with Crippen LogP contribution in [0.25, 0.3) is 21.6 Å². The van der Waals surface area contributed by atoms with Crippen LogP contribution in [0, 0.1) is 0 Å². The quantitative estimate of drug-likeness (QED) is 0.694. The number of benzene rings is 1. The minimum absolute atomic E-state index is 0.555. The van der Waals surface area contributed by atoms with Gasteiger partial charge in [0.1, 0.15) is 10.8 Å². The summed E-state index contributed by atoms with van der Waals surface area (Å²) in [6, 6.07) is 5.89. The Morgan fingerprint density at radius 1 is 1.06 bits per heavy atom. The summed E-state index contributed by atoms with van der Waals surface area (Å²) in [5, 5.41) is 2.74. The maximum absolute atomic E-state index is 5.60.